The standard InChI is InChI=1S/C18H26FN3O4S.ClH/c1-26-13-18(7-4-8-20-18)12-21-27(24,25)14-5-6-15(16(19)11-14)17(23)22-9-2-3-10-22;/h5-6,11,20-21H,2-4,7-10,12-13H2,1H3;1H. The second-order valence-corrected chi connectivity index (χ2v) is 8.98. The Morgan fingerprint density at radius 2 is 2.04 bits per heavy atom. The number of hydrogen-bond donors (Lipinski definition) is 2. The van der Waals surface area contributed by atoms with E-state index in [2.05, 4.69) is 10.0 Å². The molecule has 7 nitrogen and oxygen atoms in total. The summed E-state index contributed by atoms with van der Waals surface area (Å²) in [7, 11) is -2.33. The van der Waals surface area contributed by atoms with Crippen LogP contribution < -0.4 is 10.0 Å². The van der Waals surface area contributed by atoms with Crippen molar-refractivity contribution >= 4 is 28.3 Å². The lowest BCUT2D eigenvalue weighted by atomic mass is 9.99. The number of nitrogens with one attached hydrogen (secondary N) is 2. The molecule has 2 heterocycles. The van der Waals surface area contributed by atoms with Crippen molar-refractivity contribution in [3.8, 4) is 0 Å². The maximum Gasteiger partial charge on any atom is 0.256 e. The van der Waals surface area contributed by atoms with Gasteiger partial charge >= 0.3 is 0 Å². The molecule has 28 heavy (non-hydrogen) atoms. The van der Waals surface area contributed by atoms with E-state index in [-0.39, 0.29) is 29.4 Å². The highest BCUT2D eigenvalue weighted by atomic mass is 35.5. The van der Waals surface area contributed by atoms with Gasteiger partial charge in [-0.25, -0.2) is 17.5 Å². The van der Waals surface area contributed by atoms with Gasteiger partial charge in [-0.2, -0.15) is 0 Å². The summed E-state index contributed by atoms with van der Waals surface area (Å²) >= 11 is 0. The number of carbonyl (C=O) groups excluding carboxylic acids is 1. The van der Waals surface area contributed by atoms with E-state index in [4.69, 9.17) is 4.74 Å². The van der Waals surface area contributed by atoms with Crippen LogP contribution in [-0.2, 0) is 14.8 Å². The van der Waals surface area contributed by atoms with Crippen LogP contribution in [-0.4, -0.2) is 64.7 Å². The molecule has 0 aliphatic carbocycles. The van der Waals surface area contributed by atoms with Gasteiger partial charge in [-0.15, -0.1) is 12.4 Å². The third-order valence-electron chi connectivity index (χ3n) is 5.23. The first-order valence-corrected chi connectivity index (χ1v) is 10.7. The van der Waals surface area contributed by atoms with E-state index in [1.165, 1.54) is 12.1 Å². The van der Waals surface area contributed by atoms with Crippen LogP contribution in [0.2, 0.25) is 0 Å². The lowest BCUT2D eigenvalue weighted by Crippen LogP contribution is -2.52. The molecule has 2 aliphatic rings. The normalized spacial score (nSPS) is 22.3. The topological polar surface area (TPSA) is 87.7 Å². The highest BCUT2D eigenvalue weighted by molar-refractivity contribution is 7.89. The van der Waals surface area contributed by atoms with Gasteiger partial charge in [-0.05, 0) is 50.4 Å². The first-order valence-electron chi connectivity index (χ1n) is 9.19. The highest BCUT2D eigenvalue weighted by Gasteiger charge is 2.35. The lowest BCUT2D eigenvalue weighted by Gasteiger charge is -2.28. The Labute approximate surface area is 171 Å². The summed E-state index contributed by atoms with van der Waals surface area (Å²) in [5, 5.41) is 3.29. The molecule has 1 atom stereocenters. The number of rotatable bonds is 7. The number of ether oxygens (including phenoxy) is 1. The lowest BCUT2D eigenvalue weighted by molar-refractivity contribution is 0.0788. The van der Waals surface area contributed by atoms with Crippen molar-refractivity contribution in [3.05, 3.63) is 29.6 Å². The van der Waals surface area contributed by atoms with Crippen molar-refractivity contribution in [2.75, 3.05) is 39.9 Å². The summed E-state index contributed by atoms with van der Waals surface area (Å²) in [5.41, 5.74) is -0.546. The Kier molecular flexibility index (Phi) is 7.81. The molecule has 0 saturated carbocycles. The van der Waals surface area contributed by atoms with Gasteiger partial charge in [0.2, 0.25) is 10.0 Å². The molecular formula is C18H27ClFN3O4S. The van der Waals surface area contributed by atoms with Gasteiger partial charge in [0, 0.05) is 26.7 Å². The van der Waals surface area contributed by atoms with Gasteiger partial charge in [0.05, 0.1) is 22.6 Å². The molecule has 2 fully saturated rings. The van der Waals surface area contributed by atoms with E-state index in [0.717, 1.165) is 38.3 Å². The average molecular weight is 436 g/mol. The predicted octanol–water partition coefficient (Wildman–Crippen LogP) is 1.53. The second-order valence-electron chi connectivity index (χ2n) is 7.21. The Morgan fingerprint density at radius 1 is 1.32 bits per heavy atom. The van der Waals surface area contributed by atoms with E-state index in [1.807, 2.05) is 0 Å². The van der Waals surface area contributed by atoms with Crippen LogP contribution in [0.15, 0.2) is 23.1 Å². The molecule has 1 unspecified atom stereocenters. The molecule has 1 aromatic rings. The van der Waals surface area contributed by atoms with Gasteiger partial charge < -0.3 is 15.0 Å². The van der Waals surface area contributed by atoms with Crippen LogP contribution >= 0.6 is 12.4 Å². The summed E-state index contributed by atoms with van der Waals surface area (Å²) in [4.78, 5) is 13.7. The Morgan fingerprint density at radius 3 is 2.61 bits per heavy atom. The first kappa shape index (κ1) is 23.0. The third kappa shape index (κ3) is 5.01. The number of nitrogens with zero attached hydrogens (tertiary/aromatic N) is 1. The van der Waals surface area contributed by atoms with Crippen LogP contribution in [0.5, 0.6) is 0 Å². The summed E-state index contributed by atoms with van der Waals surface area (Å²) in [5.74, 6) is -1.21. The Balaban J connectivity index is 0.00000280. The second kappa shape index (κ2) is 9.49. The number of hydrogen-bond acceptors (Lipinski definition) is 5. The number of benzene rings is 1. The highest BCUT2D eigenvalue weighted by Crippen LogP contribution is 2.22. The molecule has 0 radical (unpaired) electrons. The van der Waals surface area contributed by atoms with Crippen LogP contribution in [0, 0.1) is 5.82 Å². The van der Waals surface area contributed by atoms with Crippen molar-refractivity contribution < 1.29 is 22.3 Å². The minimum Gasteiger partial charge on any atom is -0.383 e. The summed E-state index contributed by atoms with van der Waals surface area (Å²) in [6.45, 7) is 2.54. The molecule has 10 heteroatoms. The van der Waals surface area contributed by atoms with Crippen molar-refractivity contribution in [2.24, 2.45) is 0 Å². The zero-order valence-electron chi connectivity index (χ0n) is 15.9. The average Bonchev–Trinajstić information content (AvgIpc) is 3.32. The molecule has 0 bridgehead atoms. The van der Waals surface area contributed by atoms with Gasteiger partial charge in [0.15, 0.2) is 0 Å². The molecule has 3 rings (SSSR count). The minimum atomic E-state index is -3.90. The van der Waals surface area contributed by atoms with E-state index in [1.54, 1.807) is 12.0 Å². The predicted molar refractivity (Wildman–Crippen MR) is 106 cm³/mol. The molecule has 158 valence electrons. The fourth-order valence-corrected chi connectivity index (χ4v) is 4.85. The van der Waals surface area contributed by atoms with E-state index in [0.29, 0.717) is 19.7 Å². The number of sulfonamides is 1. The number of halogens is 2. The van der Waals surface area contributed by atoms with Crippen LogP contribution in [0.3, 0.4) is 0 Å². The number of methoxy groups -OCH3 is 1. The Hall–Kier alpha value is -1.26. The zero-order chi connectivity index (χ0) is 19.5. The molecule has 1 aromatic carbocycles. The molecule has 2 N–H and O–H groups in total. The summed E-state index contributed by atoms with van der Waals surface area (Å²) in [6, 6.07) is 3.44. The maximum absolute atomic E-state index is 14.4. The van der Waals surface area contributed by atoms with Gasteiger partial charge in [0.1, 0.15) is 5.82 Å². The Bertz CT molecular complexity index is 794. The number of carbonyl (C=O) groups is 1. The summed E-state index contributed by atoms with van der Waals surface area (Å²) < 4.78 is 47.4. The quantitative estimate of drug-likeness (QED) is 0.678. The molecule has 0 spiro atoms. The fourth-order valence-electron chi connectivity index (χ4n) is 3.71. The zero-order valence-corrected chi connectivity index (χ0v) is 17.5. The van der Waals surface area contributed by atoms with Crippen molar-refractivity contribution in [1.82, 2.24) is 14.9 Å². The van der Waals surface area contributed by atoms with Gasteiger partial charge in [-0.3, -0.25) is 4.79 Å². The van der Waals surface area contributed by atoms with E-state index < -0.39 is 27.3 Å². The number of amides is 1. The van der Waals surface area contributed by atoms with Crippen molar-refractivity contribution in [1.29, 1.82) is 0 Å². The van der Waals surface area contributed by atoms with Gasteiger partial charge in [-0.1, -0.05) is 0 Å². The SMILES string of the molecule is COCC1(CNS(=O)(=O)c2ccc(C(=O)N3CCCC3)c(F)c2)CCCN1.Cl. The molecule has 0 aromatic heterocycles. The van der Waals surface area contributed by atoms with Crippen molar-refractivity contribution in [2.45, 2.75) is 36.1 Å². The maximum atomic E-state index is 14.4. The third-order valence-corrected chi connectivity index (χ3v) is 6.63. The molecule has 2 saturated heterocycles. The first-order chi connectivity index (χ1) is 12.9. The molecule has 2 aliphatic heterocycles. The summed E-state index contributed by atoms with van der Waals surface area (Å²) in [6.07, 6.45) is 3.54. The van der Waals surface area contributed by atoms with Gasteiger partial charge in [0.25, 0.3) is 5.91 Å². The van der Waals surface area contributed by atoms with Crippen LogP contribution in [0.1, 0.15) is 36.0 Å². The van der Waals surface area contributed by atoms with Crippen molar-refractivity contribution in [3.63, 3.8) is 0 Å². The van der Waals surface area contributed by atoms with E-state index in [9.17, 15) is 17.6 Å². The monoisotopic (exact) mass is 435 g/mol. The van der Waals surface area contributed by atoms with Crippen LogP contribution in [0.4, 0.5) is 4.39 Å². The fraction of sp³-hybridized carbons (Fsp3) is 0.611. The molecule has 1 amide bonds. The van der Waals surface area contributed by atoms with Crippen LogP contribution in [0.25, 0.3) is 0 Å². The smallest absolute Gasteiger partial charge is 0.256 e. The van der Waals surface area contributed by atoms with E-state index >= 15 is 0 Å². The minimum absolute atomic E-state index is 0. The largest absolute Gasteiger partial charge is 0.383 e. The molecular weight excluding hydrogens is 409 g/mol. The number of likely N-dealkylation sites (tertiary alicyclic amines) is 1.